The summed E-state index contributed by atoms with van der Waals surface area (Å²) in [5.74, 6) is -0.441. The van der Waals surface area contributed by atoms with Gasteiger partial charge in [0.1, 0.15) is 5.75 Å². The molecule has 0 fully saturated rings. The first-order valence-electron chi connectivity index (χ1n) is 6.45. The maximum absolute atomic E-state index is 12.8. The van der Waals surface area contributed by atoms with E-state index in [1.54, 1.807) is 0 Å². The van der Waals surface area contributed by atoms with E-state index in [2.05, 4.69) is 20.7 Å². The van der Waals surface area contributed by atoms with E-state index in [1.165, 1.54) is 18.2 Å². The summed E-state index contributed by atoms with van der Waals surface area (Å²) in [6, 6.07) is 6.91. The number of ether oxygens (including phenoxy) is 1. The molecule has 1 atom stereocenters. The van der Waals surface area contributed by atoms with Gasteiger partial charge >= 0.3 is 12.5 Å². The van der Waals surface area contributed by atoms with E-state index in [4.69, 9.17) is 5.73 Å². The van der Waals surface area contributed by atoms with E-state index >= 15 is 0 Å². The van der Waals surface area contributed by atoms with E-state index in [-0.39, 0.29) is 10.0 Å². The Balaban J connectivity index is 2.29. The van der Waals surface area contributed by atoms with Crippen LogP contribution < -0.4 is 10.5 Å². The fraction of sp³-hybridized carbons (Fsp3) is 0.200. The van der Waals surface area contributed by atoms with Gasteiger partial charge in [0.15, 0.2) is 0 Å². The Morgan fingerprint density at radius 1 is 0.875 bits per heavy atom. The average molecular weight is 414 g/mol. The van der Waals surface area contributed by atoms with Crippen LogP contribution in [-0.2, 0) is 6.18 Å². The molecule has 130 valence electrons. The molecular formula is C15H10BrF6NO. The number of nitrogens with two attached hydrogens (primary N) is 1. The highest BCUT2D eigenvalue weighted by Crippen LogP contribution is 2.34. The van der Waals surface area contributed by atoms with Gasteiger partial charge in [0.25, 0.3) is 0 Å². The van der Waals surface area contributed by atoms with Crippen LogP contribution in [0.3, 0.4) is 0 Å². The fourth-order valence-electron chi connectivity index (χ4n) is 2.02. The maximum Gasteiger partial charge on any atom is 0.573 e. The van der Waals surface area contributed by atoms with Crippen LogP contribution in [0.2, 0.25) is 0 Å². The SMILES string of the molecule is N[C@H](c1ccc(OC(F)(F)F)cc1)c1cc(Br)cc(C(F)(F)F)c1. The lowest BCUT2D eigenvalue weighted by Gasteiger charge is -2.16. The zero-order valence-corrected chi connectivity index (χ0v) is 13.3. The average Bonchev–Trinajstić information content (AvgIpc) is 2.44. The maximum atomic E-state index is 12.8. The van der Waals surface area contributed by atoms with Gasteiger partial charge in [-0.2, -0.15) is 13.2 Å². The topological polar surface area (TPSA) is 35.2 Å². The molecule has 0 heterocycles. The van der Waals surface area contributed by atoms with Gasteiger partial charge in [0, 0.05) is 4.47 Å². The third-order valence-electron chi connectivity index (χ3n) is 3.08. The molecule has 0 radical (unpaired) electrons. The molecule has 0 unspecified atom stereocenters. The van der Waals surface area contributed by atoms with Gasteiger partial charge in [-0.25, -0.2) is 0 Å². The summed E-state index contributed by atoms with van der Waals surface area (Å²) in [7, 11) is 0. The zero-order valence-electron chi connectivity index (χ0n) is 11.8. The zero-order chi connectivity index (χ0) is 18.1. The second-order valence-electron chi connectivity index (χ2n) is 4.87. The third kappa shape index (κ3) is 4.88. The number of rotatable bonds is 3. The van der Waals surface area contributed by atoms with Crippen molar-refractivity contribution in [3.05, 3.63) is 63.6 Å². The fourth-order valence-corrected chi connectivity index (χ4v) is 2.54. The Morgan fingerprint density at radius 2 is 1.46 bits per heavy atom. The summed E-state index contributed by atoms with van der Waals surface area (Å²) in [4.78, 5) is 0. The van der Waals surface area contributed by atoms with E-state index in [9.17, 15) is 26.3 Å². The highest BCUT2D eigenvalue weighted by Gasteiger charge is 2.32. The van der Waals surface area contributed by atoms with Gasteiger partial charge in [0.05, 0.1) is 11.6 Å². The molecule has 2 aromatic rings. The standard InChI is InChI=1S/C15H10BrF6NO/c16-11-6-9(5-10(7-11)14(17,18)19)13(23)8-1-3-12(4-2-8)24-15(20,21)22/h1-7,13H,23H2/t13-/m1/s1. The quantitative estimate of drug-likeness (QED) is 0.682. The van der Waals surface area contributed by atoms with Gasteiger partial charge in [-0.05, 0) is 41.5 Å². The molecule has 2 aromatic carbocycles. The predicted octanol–water partition coefficient (Wildman–Crippen LogP) is 5.41. The molecule has 2 rings (SSSR count). The first-order chi connectivity index (χ1) is 11.0. The summed E-state index contributed by atoms with van der Waals surface area (Å²) >= 11 is 2.99. The molecule has 0 amide bonds. The Hall–Kier alpha value is -1.74. The number of hydrogen-bond acceptors (Lipinski definition) is 2. The minimum atomic E-state index is -4.82. The molecule has 0 bridgehead atoms. The third-order valence-corrected chi connectivity index (χ3v) is 3.54. The Labute approximate surface area is 141 Å². The van der Waals surface area contributed by atoms with Crippen LogP contribution in [-0.4, -0.2) is 6.36 Å². The smallest absolute Gasteiger partial charge is 0.406 e. The van der Waals surface area contributed by atoms with Crippen molar-refractivity contribution in [3.8, 4) is 5.75 Å². The first-order valence-corrected chi connectivity index (χ1v) is 7.24. The Bertz CT molecular complexity index is 711. The van der Waals surface area contributed by atoms with E-state index in [0.29, 0.717) is 5.56 Å². The van der Waals surface area contributed by atoms with Crippen molar-refractivity contribution in [1.82, 2.24) is 0 Å². The van der Waals surface area contributed by atoms with E-state index in [0.717, 1.165) is 24.3 Å². The molecule has 0 aliphatic carbocycles. The molecule has 2 N–H and O–H groups in total. The monoisotopic (exact) mass is 413 g/mol. The van der Waals surface area contributed by atoms with Gasteiger partial charge < -0.3 is 10.5 Å². The molecule has 0 saturated heterocycles. The normalized spacial score (nSPS) is 13.7. The molecule has 0 aliphatic rings. The van der Waals surface area contributed by atoms with Crippen LogP contribution in [0.15, 0.2) is 46.9 Å². The highest BCUT2D eigenvalue weighted by atomic mass is 79.9. The molecule has 9 heteroatoms. The van der Waals surface area contributed by atoms with Crippen LogP contribution in [0.4, 0.5) is 26.3 Å². The number of alkyl halides is 6. The summed E-state index contributed by atoms with van der Waals surface area (Å²) < 4.78 is 78.8. The minimum Gasteiger partial charge on any atom is -0.406 e. The van der Waals surface area contributed by atoms with Crippen molar-refractivity contribution < 1.29 is 31.1 Å². The van der Waals surface area contributed by atoms with Crippen molar-refractivity contribution in [2.75, 3.05) is 0 Å². The van der Waals surface area contributed by atoms with E-state index < -0.39 is 29.9 Å². The van der Waals surface area contributed by atoms with Crippen LogP contribution in [0.5, 0.6) is 5.75 Å². The lowest BCUT2D eigenvalue weighted by molar-refractivity contribution is -0.274. The molecule has 0 spiro atoms. The van der Waals surface area contributed by atoms with Gasteiger partial charge in [0.2, 0.25) is 0 Å². The largest absolute Gasteiger partial charge is 0.573 e. The van der Waals surface area contributed by atoms with Crippen LogP contribution >= 0.6 is 15.9 Å². The van der Waals surface area contributed by atoms with E-state index in [1.807, 2.05) is 0 Å². The van der Waals surface area contributed by atoms with Crippen LogP contribution in [0, 0.1) is 0 Å². The summed E-state index contributed by atoms with van der Waals surface area (Å²) in [5, 5.41) is 0. The van der Waals surface area contributed by atoms with Crippen molar-refractivity contribution >= 4 is 15.9 Å². The summed E-state index contributed by atoms with van der Waals surface area (Å²) in [6.45, 7) is 0. The minimum absolute atomic E-state index is 0.168. The summed E-state index contributed by atoms with van der Waals surface area (Å²) in [6.07, 6.45) is -9.36. The van der Waals surface area contributed by atoms with Gasteiger partial charge in [-0.3, -0.25) is 0 Å². The Kier molecular flexibility index (Phi) is 5.14. The molecule has 0 saturated carbocycles. The predicted molar refractivity (Wildman–Crippen MR) is 78.3 cm³/mol. The van der Waals surface area contributed by atoms with Crippen molar-refractivity contribution in [2.45, 2.75) is 18.6 Å². The van der Waals surface area contributed by atoms with Crippen molar-refractivity contribution in [1.29, 1.82) is 0 Å². The first kappa shape index (κ1) is 18.6. The molecule has 0 aliphatic heterocycles. The number of hydrogen-bond donors (Lipinski definition) is 1. The van der Waals surface area contributed by atoms with Crippen molar-refractivity contribution in [3.63, 3.8) is 0 Å². The molecular weight excluding hydrogens is 404 g/mol. The lowest BCUT2D eigenvalue weighted by Crippen LogP contribution is -2.17. The van der Waals surface area contributed by atoms with Crippen LogP contribution in [0.25, 0.3) is 0 Å². The molecule has 24 heavy (non-hydrogen) atoms. The summed E-state index contributed by atoms with van der Waals surface area (Å²) in [5.41, 5.74) is 5.56. The number of benzene rings is 2. The highest BCUT2D eigenvalue weighted by molar-refractivity contribution is 9.10. The second-order valence-corrected chi connectivity index (χ2v) is 5.78. The lowest BCUT2D eigenvalue weighted by atomic mass is 9.98. The second kappa shape index (κ2) is 6.64. The molecule has 2 nitrogen and oxygen atoms in total. The Morgan fingerprint density at radius 3 is 1.96 bits per heavy atom. The van der Waals surface area contributed by atoms with Crippen molar-refractivity contribution in [2.24, 2.45) is 5.73 Å². The molecule has 0 aromatic heterocycles. The van der Waals surface area contributed by atoms with Crippen LogP contribution in [0.1, 0.15) is 22.7 Å². The number of halogens is 7. The van der Waals surface area contributed by atoms with Gasteiger partial charge in [-0.1, -0.05) is 28.1 Å². The van der Waals surface area contributed by atoms with Gasteiger partial charge in [-0.15, -0.1) is 13.2 Å².